The zero-order valence-corrected chi connectivity index (χ0v) is 10.5. The summed E-state index contributed by atoms with van der Waals surface area (Å²) in [7, 11) is 0. The Bertz CT molecular complexity index is 379. The number of rotatable bonds is 6. The fourth-order valence-corrected chi connectivity index (χ4v) is 1.67. The van der Waals surface area contributed by atoms with E-state index in [2.05, 4.69) is 49.3 Å². The van der Waals surface area contributed by atoms with E-state index in [0.29, 0.717) is 19.5 Å². The average molecular weight is 232 g/mol. The Morgan fingerprint density at radius 3 is 2.53 bits per heavy atom. The summed E-state index contributed by atoms with van der Waals surface area (Å²) in [5, 5.41) is 5.99. The molecule has 1 aromatic carbocycles. The largest absolute Gasteiger partial charge is 0.385 e. The Morgan fingerprint density at radius 2 is 1.94 bits per heavy atom. The number of aryl methyl sites for hydroxylation is 2. The first-order chi connectivity index (χ1) is 8.11. The van der Waals surface area contributed by atoms with Gasteiger partial charge in [-0.1, -0.05) is 12.1 Å². The van der Waals surface area contributed by atoms with E-state index in [4.69, 9.17) is 0 Å². The summed E-state index contributed by atoms with van der Waals surface area (Å²) in [5.41, 5.74) is 3.52. The van der Waals surface area contributed by atoms with Gasteiger partial charge in [-0.3, -0.25) is 4.79 Å². The number of hydrogen-bond donors (Lipinski definition) is 2. The Labute approximate surface area is 103 Å². The monoisotopic (exact) mass is 232 g/mol. The summed E-state index contributed by atoms with van der Waals surface area (Å²) < 4.78 is 0. The molecule has 0 fully saturated rings. The van der Waals surface area contributed by atoms with E-state index >= 15 is 0 Å². The lowest BCUT2D eigenvalue weighted by Gasteiger charge is -2.08. The van der Waals surface area contributed by atoms with Crippen molar-refractivity contribution in [2.24, 2.45) is 0 Å². The Kier molecular flexibility index (Phi) is 5.27. The van der Waals surface area contributed by atoms with E-state index in [1.165, 1.54) is 11.1 Å². The van der Waals surface area contributed by atoms with Crippen molar-refractivity contribution in [3.8, 4) is 0 Å². The molecule has 0 spiro atoms. The van der Waals surface area contributed by atoms with Gasteiger partial charge in [0.05, 0.1) is 0 Å². The third kappa shape index (κ3) is 5.20. The van der Waals surface area contributed by atoms with Gasteiger partial charge in [-0.05, 0) is 37.1 Å². The zero-order valence-electron chi connectivity index (χ0n) is 10.5. The third-order valence-electron chi connectivity index (χ3n) is 2.35. The molecule has 0 aliphatic heterocycles. The van der Waals surface area contributed by atoms with E-state index < -0.39 is 0 Å². The number of nitrogens with one attached hydrogen (secondary N) is 2. The average Bonchev–Trinajstić information content (AvgIpc) is 2.25. The highest BCUT2D eigenvalue weighted by Gasteiger charge is 1.99. The van der Waals surface area contributed by atoms with Crippen LogP contribution in [0.4, 0.5) is 5.69 Å². The number of carbonyl (C=O) groups is 1. The first-order valence-corrected chi connectivity index (χ1v) is 5.81. The first kappa shape index (κ1) is 13.3. The number of amides is 1. The summed E-state index contributed by atoms with van der Waals surface area (Å²) >= 11 is 0. The molecule has 0 aromatic heterocycles. The molecule has 1 aromatic rings. The molecule has 0 heterocycles. The second-order valence-corrected chi connectivity index (χ2v) is 4.15. The highest BCUT2D eigenvalue weighted by molar-refractivity contribution is 5.76. The summed E-state index contributed by atoms with van der Waals surface area (Å²) in [5.74, 6) is 0.0433. The maximum Gasteiger partial charge on any atom is 0.222 e. The third-order valence-corrected chi connectivity index (χ3v) is 2.35. The van der Waals surface area contributed by atoms with Crippen LogP contribution in [-0.2, 0) is 4.79 Å². The van der Waals surface area contributed by atoms with Gasteiger partial charge >= 0.3 is 0 Å². The number of benzene rings is 1. The second kappa shape index (κ2) is 6.74. The molecule has 1 amide bonds. The quantitative estimate of drug-likeness (QED) is 0.739. The molecule has 92 valence electrons. The molecule has 0 bridgehead atoms. The predicted molar refractivity (Wildman–Crippen MR) is 72.2 cm³/mol. The number of anilines is 1. The van der Waals surface area contributed by atoms with Crippen LogP contribution in [0.25, 0.3) is 0 Å². The van der Waals surface area contributed by atoms with Crippen LogP contribution in [0.5, 0.6) is 0 Å². The Hall–Kier alpha value is -1.77. The van der Waals surface area contributed by atoms with E-state index in [-0.39, 0.29) is 5.91 Å². The molecule has 0 saturated heterocycles. The molecule has 17 heavy (non-hydrogen) atoms. The van der Waals surface area contributed by atoms with Gasteiger partial charge in [0.15, 0.2) is 0 Å². The molecule has 0 saturated carbocycles. The van der Waals surface area contributed by atoms with Gasteiger partial charge in [-0.2, -0.15) is 0 Å². The van der Waals surface area contributed by atoms with Crippen LogP contribution in [-0.4, -0.2) is 19.0 Å². The summed E-state index contributed by atoms with van der Waals surface area (Å²) in [6, 6.07) is 6.28. The molecular weight excluding hydrogens is 212 g/mol. The lowest BCUT2D eigenvalue weighted by Crippen LogP contribution is -2.25. The zero-order chi connectivity index (χ0) is 12.7. The van der Waals surface area contributed by atoms with Crippen molar-refractivity contribution in [2.45, 2.75) is 20.3 Å². The lowest BCUT2D eigenvalue weighted by atomic mass is 10.1. The van der Waals surface area contributed by atoms with Gasteiger partial charge in [0, 0.05) is 25.2 Å². The summed E-state index contributed by atoms with van der Waals surface area (Å²) in [6.45, 7) is 8.85. The van der Waals surface area contributed by atoms with Crippen LogP contribution >= 0.6 is 0 Å². The van der Waals surface area contributed by atoms with E-state index in [1.807, 2.05) is 0 Å². The SMILES string of the molecule is C=CCNC(=O)CCNc1cc(C)cc(C)c1. The van der Waals surface area contributed by atoms with Crippen molar-refractivity contribution >= 4 is 11.6 Å². The maximum atomic E-state index is 11.3. The van der Waals surface area contributed by atoms with Crippen molar-refractivity contribution in [1.29, 1.82) is 0 Å². The van der Waals surface area contributed by atoms with Crippen LogP contribution < -0.4 is 10.6 Å². The fourth-order valence-electron chi connectivity index (χ4n) is 1.67. The van der Waals surface area contributed by atoms with Gasteiger partial charge in [0.1, 0.15) is 0 Å². The van der Waals surface area contributed by atoms with Crippen molar-refractivity contribution in [3.05, 3.63) is 42.0 Å². The standard InChI is InChI=1S/C14H20N2O/c1-4-6-16-14(17)5-7-15-13-9-11(2)8-12(3)10-13/h4,8-10,15H,1,5-7H2,2-3H3,(H,16,17). The smallest absolute Gasteiger partial charge is 0.222 e. The van der Waals surface area contributed by atoms with Gasteiger partial charge in [-0.15, -0.1) is 6.58 Å². The van der Waals surface area contributed by atoms with Crippen LogP contribution in [0, 0.1) is 13.8 Å². The first-order valence-electron chi connectivity index (χ1n) is 5.81. The summed E-state index contributed by atoms with van der Waals surface area (Å²) in [4.78, 5) is 11.3. The van der Waals surface area contributed by atoms with Gasteiger partial charge in [-0.25, -0.2) is 0 Å². The molecule has 2 N–H and O–H groups in total. The molecule has 3 nitrogen and oxygen atoms in total. The van der Waals surface area contributed by atoms with Crippen LogP contribution in [0.2, 0.25) is 0 Å². The molecule has 1 rings (SSSR count). The van der Waals surface area contributed by atoms with Crippen molar-refractivity contribution in [3.63, 3.8) is 0 Å². The van der Waals surface area contributed by atoms with Crippen LogP contribution in [0.15, 0.2) is 30.9 Å². The minimum absolute atomic E-state index is 0.0433. The molecule has 0 aliphatic rings. The Balaban J connectivity index is 2.35. The topological polar surface area (TPSA) is 41.1 Å². The van der Waals surface area contributed by atoms with E-state index in [9.17, 15) is 4.79 Å². The van der Waals surface area contributed by atoms with Crippen LogP contribution in [0.3, 0.4) is 0 Å². The van der Waals surface area contributed by atoms with E-state index in [0.717, 1.165) is 5.69 Å². The second-order valence-electron chi connectivity index (χ2n) is 4.15. The minimum Gasteiger partial charge on any atom is -0.385 e. The van der Waals surface area contributed by atoms with Crippen molar-refractivity contribution < 1.29 is 4.79 Å². The van der Waals surface area contributed by atoms with E-state index in [1.54, 1.807) is 6.08 Å². The lowest BCUT2D eigenvalue weighted by molar-refractivity contribution is -0.120. The highest BCUT2D eigenvalue weighted by atomic mass is 16.1. The normalized spacial score (nSPS) is 9.76. The molecule has 0 radical (unpaired) electrons. The van der Waals surface area contributed by atoms with Gasteiger partial charge < -0.3 is 10.6 Å². The van der Waals surface area contributed by atoms with Gasteiger partial charge in [0.2, 0.25) is 5.91 Å². The number of carbonyl (C=O) groups excluding carboxylic acids is 1. The van der Waals surface area contributed by atoms with Crippen molar-refractivity contribution in [1.82, 2.24) is 5.32 Å². The Morgan fingerprint density at radius 1 is 1.29 bits per heavy atom. The fraction of sp³-hybridized carbons (Fsp3) is 0.357. The summed E-state index contributed by atoms with van der Waals surface area (Å²) in [6.07, 6.45) is 2.15. The predicted octanol–water partition coefficient (Wildman–Crippen LogP) is 2.41. The van der Waals surface area contributed by atoms with Crippen LogP contribution in [0.1, 0.15) is 17.5 Å². The van der Waals surface area contributed by atoms with Crippen molar-refractivity contribution in [2.75, 3.05) is 18.4 Å². The van der Waals surface area contributed by atoms with Gasteiger partial charge in [0.25, 0.3) is 0 Å². The number of hydrogen-bond acceptors (Lipinski definition) is 2. The molecule has 3 heteroatoms. The molecular formula is C14H20N2O. The molecule has 0 unspecified atom stereocenters. The molecule has 0 aliphatic carbocycles. The molecule has 0 atom stereocenters. The highest BCUT2D eigenvalue weighted by Crippen LogP contribution is 2.13. The maximum absolute atomic E-state index is 11.3. The minimum atomic E-state index is 0.0433.